The molecule has 0 bridgehead atoms. The summed E-state index contributed by atoms with van der Waals surface area (Å²) >= 11 is 0. The van der Waals surface area contributed by atoms with E-state index in [9.17, 15) is 4.79 Å². The number of anilines is 1. The quantitative estimate of drug-likeness (QED) is 0.700. The summed E-state index contributed by atoms with van der Waals surface area (Å²) in [7, 11) is 0. The van der Waals surface area contributed by atoms with E-state index in [2.05, 4.69) is 0 Å². The highest BCUT2D eigenvalue weighted by Crippen LogP contribution is 2.34. The number of nitrogens with two attached hydrogens (primary N) is 1. The van der Waals surface area contributed by atoms with Gasteiger partial charge in [0.05, 0.1) is 5.56 Å². The maximum atomic E-state index is 11.1. The van der Waals surface area contributed by atoms with E-state index < -0.39 is 5.97 Å². The summed E-state index contributed by atoms with van der Waals surface area (Å²) in [4.78, 5) is 11.1. The highest BCUT2D eigenvalue weighted by molar-refractivity contribution is 5.89. The van der Waals surface area contributed by atoms with E-state index in [0.717, 1.165) is 11.1 Å². The molecule has 3 aromatic carbocycles. The van der Waals surface area contributed by atoms with Crippen molar-refractivity contribution in [2.75, 3.05) is 5.73 Å². The molecule has 3 aromatic rings. The number of ether oxygens (including phenoxy) is 1. The maximum absolute atomic E-state index is 11.1. The van der Waals surface area contributed by atoms with E-state index in [1.54, 1.807) is 6.07 Å². The molecule has 0 aromatic heterocycles. The fourth-order valence-electron chi connectivity index (χ4n) is 2.34. The summed E-state index contributed by atoms with van der Waals surface area (Å²) in [5, 5.41) is 9.12. The Morgan fingerprint density at radius 3 is 2.35 bits per heavy atom. The first kappa shape index (κ1) is 14.7. The lowest BCUT2D eigenvalue weighted by Gasteiger charge is -2.12. The maximum Gasteiger partial charge on any atom is 0.335 e. The topological polar surface area (TPSA) is 72.5 Å². The van der Waals surface area contributed by atoms with Crippen molar-refractivity contribution in [3.05, 3.63) is 78.4 Å². The van der Waals surface area contributed by atoms with Crippen molar-refractivity contribution in [2.45, 2.75) is 0 Å². The predicted octanol–water partition coefficient (Wildman–Crippen LogP) is 4.43. The van der Waals surface area contributed by atoms with Gasteiger partial charge in [-0.15, -0.1) is 0 Å². The number of benzene rings is 3. The average Bonchev–Trinajstić information content (AvgIpc) is 2.55. The molecule has 0 heterocycles. The highest BCUT2D eigenvalue weighted by atomic mass is 16.5. The zero-order valence-electron chi connectivity index (χ0n) is 12.3. The minimum atomic E-state index is -1.04. The fraction of sp³-hybridized carbons (Fsp3) is 0. The van der Waals surface area contributed by atoms with Crippen LogP contribution in [0.5, 0.6) is 11.5 Å². The summed E-state index contributed by atoms with van der Waals surface area (Å²) in [6, 6.07) is 21.9. The lowest BCUT2D eigenvalue weighted by molar-refractivity contribution is 0.0696. The molecule has 0 aliphatic carbocycles. The zero-order valence-corrected chi connectivity index (χ0v) is 12.3. The van der Waals surface area contributed by atoms with Gasteiger partial charge in [-0.1, -0.05) is 48.5 Å². The van der Waals surface area contributed by atoms with E-state index in [1.807, 2.05) is 54.6 Å². The van der Waals surface area contributed by atoms with Crippen LogP contribution in [0.15, 0.2) is 72.8 Å². The molecule has 3 rings (SSSR count). The Morgan fingerprint density at radius 2 is 1.61 bits per heavy atom. The van der Waals surface area contributed by atoms with Crippen LogP contribution < -0.4 is 10.5 Å². The lowest BCUT2D eigenvalue weighted by Crippen LogP contribution is -1.99. The second-order valence-electron chi connectivity index (χ2n) is 5.06. The summed E-state index contributed by atoms with van der Waals surface area (Å²) in [6.45, 7) is 0. The summed E-state index contributed by atoms with van der Waals surface area (Å²) in [5.74, 6) is -0.00934. The van der Waals surface area contributed by atoms with E-state index in [0.29, 0.717) is 17.2 Å². The third-order valence-electron chi connectivity index (χ3n) is 3.38. The number of carbonyl (C=O) groups is 1. The van der Waals surface area contributed by atoms with Crippen LogP contribution in [0.25, 0.3) is 11.1 Å². The molecule has 0 unspecified atom stereocenters. The van der Waals surface area contributed by atoms with Crippen LogP contribution in [0.3, 0.4) is 0 Å². The van der Waals surface area contributed by atoms with Gasteiger partial charge in [0, 0.05) is 17.3 Å². The standard InChI is InChI=1S/C19H15NO3/c20-15-10-14(19(21)22)11-16(12-15)23-18-9-5-4-8-17(18)13-6-2-1-3-7-13/h1-12H,20H2,(H,21,22). The number of para-hydroxylation sites is 1. The summed E-state index contributed by atoms with van der Waals surface area (Å²) in [5.41, 5.74) is 8.14. The first-order valence-corrected chi connectivity index (χ1v) is 7.09. The van der Waals surface area contributed by atoms with Crippen LogP contribution in [0.1, 0.15) is 10.4 Å². The van der Waals surface area contributed by atoms with Crippen LogP contribution in [0, 0.1) is 0 Å². The van der Waals surface area contributed by atoms with Gasteiger partial charge in [0.1, 0.15) is 11.5 Å². The number of carboxylic acids is 1. The van der Waals surface area contributed by atoms with Crippen molar-refractivity contribution < 1.29 is 14.6 Å². The Bertz CT molecular complexity index is 844. The Labute approximate surface area is 133 Å². The Kier molecular flexibility index (Phi) is 3.97. The largest absolute Gasteiger partial charge is 0.478 e. The molecule has 3 N–H and O–H groups in total. The van der Waals surface area contributed by atoms with Crippen molar-refractivity contribution in [2.24, 2.45) is 0 Å². The summed E-state index contributed by atoms with van der Waals surface area (Å²) < 4.78 is 5.89. The monoisotopic (exact) mass is 305 g/mol. The van der Waals surface area contributed by atoms with Gasteiger partial charge in [0.25, 0.3) is 0 Å². The predicted molar refractivity (Wildman–Crippen MR) is 89.8 cm³/mol. The Morgan fingerprint density at radius 1 is 0.913 bits per heavy atom. The van der Waals surface area contributed by atoms with Gasteiger partial charge in [0.15, 0.2) is 0 Å². The molecule has 0 saturated heterocycles. The zero-order chi connectivity index (χ0) is 16.2. The molecule has 114 valence electrons. The van der Waals surface area contributed by atoms with Gasteiger partial charge in [-0.3, -0.25) is 0 Å². The number of hydrogen-bond acceptors (Lipinski definition) is 3. The smallest absolute Gasteiger partial charge is 0.335 e. The normalized spacial score (nSPS) is 10.3. The van der Waals surface area contributed by atoms with Crippen molar-refractivity contribution in [3.63, 3.8) is 0 Å². The molecule has 23 heavy (non-hydrogen) atoms. The van der Waals surface area contributed by atoms with Crippen LogP contribution >= 0.6 is 0 Å². The Hall–Kier alpha value is -3.27. The fourth-order valence-corrected chi connectivity index (χ4v) is 2.34. The van der Waals surface area contributed by atoms with Crippen molar-refractivity contribution in [1.29, 1.82) is 0 Å². The van der Waals surface area contributed by atoms with E-state index in [-0.39, 0.29) is 5.56 Å². The number of carboxylic acid groups (broad SMARTS) is 1. The molecule has 0 aliphatic rings. The number of rotatable bonds is 4. The number of aromatic carboxylic acids is 1. The molecule has 0 amide bonds. The Balaban J connectivity index is 2.00. The highest BCUT2D eigenvalue weighted by Gasteiger charge is 2.10. The molecular formula is C19H15NO3. The second-order valence-corrected chi connectivity index (χ2v) is 5.06. The first-order valence-electron chi connectivity index (χ1n) is 7.09. The second kappa shape index (κ2) is 6.23. The third kappa shape index (κ3) is 3.32. The molecule has 4 nitrogen and oxygen atoms in total. The lowest BCUT2D eigenvalue weighted by atomic mass is 10.0. The summed E-state index contributed by atoms with van der Waals surface area (Å²) in [6.07, 6.45) is 0. The van der Waals surface area contributed by atoms with E-state index in [4.69, 9.17) is 15.6 Å². The molecular weight excluding hydrogens is 290 g/mol. The van der Waals surface area contributed by atoms with Gasteiger partial charge >= 0.3 is 5.97 Å². The minimum absolute atomic E-state index is 0.0946. The molecule has 0 fully saturated rings. The average molecular weight is 305 g/mol. The van der Waals surface area contributed by atoms with Gasteiger partial charge in [-0.2, -0.15) is 0 Å². The van der Waals surface area contributed by atoms with Crippen molar-refractivity contribution in [1.82, 2.24) is 0 Å². The molecule has 0 spiro atoms. The van der Waals surface area contributed by atoms with E-state index >= 15 is 0 Å². The van der Waals surface area contributed by atoms with Crippen LogP contribution in [0.2, 0.25) is 0 Å². The molecule has 0 atom stereocenters. The minimum Gasteiger partial charge on any atom is -0.478 e. The van der Waals surface area contributed by atoms with Crippen LogP contribution in [0.4, 0.5) is 5.69 Å². The van der Waals surface area contributed by atoms with Crippen LogP contribution in [-0.2, 0) is 0 Å². The number of nitrogen functional groups attached to an aromatic ring is 1. The van der Waals surface area contributed by atoms with Gasteiger partial charge in [0.2, 0.25) is 0 Å². The van der Waals surface area contributed by atoms with E-state index in [1.165, 1.54) is 12.1 Å². The van der Waals surface area contributed by atoms with Gasteiger partial charge in [-0.25, -0.2) is 4.79 Å². The SMILES string of the molecule is Nc1cc(Oc2ccccc2-c2ccccc2)cc(C(=O)O)c1. The molecule has 4 heteroatoms. The molecule has 0 aliphatic heterocycles. The van der Waals surface area contributed by atoms with Crippen molar-refractivity contribution in [3.8, 4) is 22.6 Å². The van der Waals surface area contributed by atoms with Crippen molar-refractivity contribution >= 4 is 11.7 Å². The molecule has 0 saturated carbocycles. The first-order chi connectivity index (χ1) is 11.1. The van der Waals surface area contributed by atoms with Gasteiger partial charge in [-0.05, 0) is 23.8 Å². The third-order valence-corrected chi connectivity index (χ3v) is 3.38. The number of hydrogen-bond donors (Lipinski definition) is 2. The van der Waals surface area contributed by atoms with Crippen LogP contribution in [-0.4, -0.2) is 11.1 Å². The molecule has 0 radical (unpaired) electrons. The van der Waals surface area contributed by atoms with Gasteiger partial charge < -0.3 is 15.6 Å².